The number of rotatable bonds is 7. The van der Waals surface area contributed by atoms with E-state index in [1.54, 1.807) is 20.8 Å². The van der Waals surface area contributed by atoms with Gasteiger partial charge in [-0.15, -0.1) is 0 Å². The van der Waals surface area contributed by atoms with Crippen LogP contribution in [0.5, 0.6) is 0 Å². The summed E-state index contributed by atoms with van der Waals surface area (Å²) in [6.07, 6.45) is -0.184. The molecule has 0 aliphatic rings. The maximum atomic E-state index is 12.0. The smallest absolute Gasteiger partial charge is 0.317 e. The molecule has 2 atom stereocenters. The Morgan fingerprint density at radius 3 is 2.21 bits per heavy atom. The lowest BCUT2D eigenvalue weighted by Gasteiger charge is -2.24. The average molecular weight is 402 g/mol. The van der Waals surface area contributed by atoms with Crippen LogP contribution >= 0.6 is 30.1 Å². The van der Waals surface area contributed by atoms with Gasteiger partial charge in [0.1, 0.15) is 11.3 Å². The summed E-state index contributed by atoms with van der Waals surface area (Å²) >= 11 is 1.83. The van der Waals surface area contributed by atoms with Crippen molar-refractivity contribution in [3.8, 4) is 0 Å². The van der Waals surface area contributed by atoms with Gasteiger partial charge in [0.25, 0.3) is 0 Å². The number of carboxylic acid groups (broad SMARTS) is 1. The lowest BCUT2D eigenvalue weighted by atomic mass is 9.86. The van der Waals surface area contributed by atoms with Gasteiger partial charge in [0, 0.05) is 18.4 Å². The van der Waals surface area contributed by atoms with Crippen LogP contribution in [-0.4, -0.2) is 40.6 Å². The normalized spacial score (nSPS) is 14.6. The molecule has 2 unspecified atom stereocenters. The number of carbonyl (C=O) groups is 3. The van der Waals surface area contributed by atoms with Crippen molar-refractivity contribution in [3.63, 3.8) is 0 Å². The van der Waals surface area contributed by atoms with Crippen molar-refractivity contribution in [2.45, 2.75) is 38.5 Å². The summed E-state index contributed by atoms with van der Waals surface area (Å²) in [6, 6.07) is -0.777. The second kappa shape index (κ2) is 8.05. The van der Waals surface area contributed by atoms with Crippen LogP contribution < -0.4 is 11.1 Å². The number of hydrogen-bond donors (Lipinski definition) is 3. The Labute approximate surface area is 128 Å². The van der Waals surface area contributed by atoms with E-state index in [2.05, 4.69) is 5.32 Å². The number of carboxylic acids is 1. The largest absolute Gasteiger partial charge is 0.480 e. The zero-order chi connectivity index (χ0) is 15.2. The molecule has 0 spiro atoms. The Bertz CT molecular complexity index is 357. The Balaban J connectivity index is 4.60. The third-order valence-corrected chi connectivity index (χ3v) is 4.81. The molecular weight excluding hydrogens is 383 g/mol. The molecule has 8 heteroatoms. The molecule has 6 nitrogen and oxygen atoms in total. The first kappa shape index (κ1) is 18.7. The van der Waals surface area contributed by atoms with E-state index in [1.165, 1.54) is 0 Å². The Hall–Kier alpha value is -0.350. The molecule has 0 aromatic carbocycles. The number of hydrogen-bond acceptors (Lipinski definition) is 5. The summed E-state index contributed by atoms with van der Waals surface area (Å²) in [4.78, 5) is 34.5. The van der Waals surface area contributed by atoms with Gasteiger partial charge in [-0.25, -0.2) is 0 Å². The molecular formula is C11H19IN2O4S. The molecule has 0 rings (SSSR count). The third-order valence-electron chi connectivity index (χ3n) is 2.38. The Morgan fingerprint density at radius 2 is 1.89 bits per heavy atom. The maximum Gasteiger partial charge on any atom is 0.317 e. The fourth-order valence-corrected chi connectivity index (χ4v) is 2.82. The summed E-state index contributed by atoms with van der Waals surface area (Å²) in [6.45, 7) is 5.22. The number of carbonyl (C=O) groups excluding carboxylic acids is 2. The van der Waals surface area contributed by atoms with Crippen molar-refractivity contribution in [2.24, 2.45) is 11.1 Å². The molecule has 110 valence electrons. The van der Waals surface area contributed by atoms with Crippen molar-refractivity contribution in [2.75, 3.05) is 6.54 Å². The van der Waals surface area contributed by atoms with Crippen LogP contribution in [0.4, 0.5) is 0 Å². The SMILES string of the molecule is CC(C)(C)C(=O)C(CN)NC(=O)CC(SI)C(=O)O. The molecule has 0 fully saturated rings. The fourth-order valence-electron chi connectivity index (χ4n) is 1.33. The first-order chi connectivity index (χ1) is 8.63. The zero-order valence-corrected chi connectivity index (χ0v) is 14.1. The van der Waals surface area contributed by atoms with Crippen LogP contribution in [0.2, 0.25) is 0 Å². The number of halogens is 1. The van der Waals surface area contributed by atoms with Gasteiger partial charge in [-0.3, -0.25) is 14.4 Å². The van der Waals surface area contributed by atoms with Gasteiger partial charge in [-0.2, -0.15) is 0 Å². The minimum Gasteiger partial charge on any atom is -0.480 e. The molecule has 4 N–H and O–H groups in total. The predicted octanol–water partition coefficient (Wildman–Crippen LogP) is 0.972. The highest BCUT2D eigenvalue weighted by Crippen LogP contribution is 2.22. The molecule has 0 aliphatic heterocycles. The predicted molar refractivity (Wildman–Crippen MR) is 83.1 cm³/mol. The van der Waals surface area contributed by atoms with E-state index < -0.39 is 28.6 Å². The number of nitrogens with two attached hydrogens (primary N) is 1. The van der Waals surface area contributed by atoms with Gasteiger partial charge in [0.2, 0.25) is 5.91 Å². The lowest BCUT2D eigenvalue weighted by molar-refractivity contribution is -0.138. The maximum absolute atomic E-state index is 12.0. The first-order valence-electron chi connectivity index (χ1n) is 5.67. The summed E-state index contributed by atoms with van der Waals surface area (Å²) in [5.74, 6) is -1.71. The minimum atomic E-state index is -1.05. The van der Waals surface area contributed by atoms with Crippen LogP contribution in [0.15, 0.2) is 0 Å². The lowest BCUT2D eigenvalue weighted by Crippen LogP contribution is -2.50. The zero-order valence-electron chi connectivity index (χ0n) is 11.1. The van der Waals surface area contributed by atoms with Crippen molar-refractivity contribution in [1.29, 1.82) is 0 Å². The van der Waals surface area contributed by atoms with Crippen LogP contribution in [0, 0.1) is 5.41 Å². The minimum absolute atomic E-state index is 0.00302. The van der Waals surface area contributed by atoms with Crippen LogP contribution in [0.25, 0.3) is 0 Å². The molecule has 0 saturated carbocycles. The van der Waals surface area contributed by atoms with Gasteiger partial charge in [-0.1, -0.05) is 29.7 Å². The topological polar surface area (TPSA) is 109 Å². The van der Waals surface area contributed by atoms with E-state index in [9.17, 15) is 14.4 Å². The van der Waals surface area contributed by atoms with Crippen LogP contribution in [-0.2, 0) is 14.4 Å². The highest BCUT2D eigenvalue weighted by Gasteiger charge is 2.30. The van der Waals surface area contributed by atoms with E-state index in [0.717, 1.165) is 8.93 Å². The quantitative estimate of drug-likeness (QED) is 0.548. The second-order valence-corrected chi connectivity index (χ2v) is 7.36. The summed E-state index contributed by atoms with van der Waals surface area (Å²) in [7, 11) is 1.05. The van der Waals surface area contributed by atoms with Gasteiger partial charge < -0.3 is 16.2 Å². The Morgan fingerprint density at radius 1 is 1.37 bits per heavy atom. The van der Waals surface area contributed by atoms with Crippen molar-refractivity contribution < 1.29 is 19.5 Å². The number of nitrogens with one attached hydrogen (secondary N) is 1. The van der Waals surface area contributed by atoms with E-state index in [4.69, 9.17) is 10.8 Å². The van der Waals surface area contributed by atoms with Crippen molar-refractivity contribution in [3.05, 3.63) is 0 Å². The highest BCUT2D eigenvalue weighted by molar-refractivity contribution is 14.2. The molecule has 0 aromatic rings. The van der Waals surface area contributed by atoms with Gasteiger partial charge >= 0.3 is 5.97 Å². The second-order valence-electron chi connectivity index (χ2n) is 5.09. The Kier molecular flexibility index (Phi) is 7.90. The van der Waals surface area contributed by atoms with E-state index in [1.807, 2.05) is 21.2 Å². The van der Waals surface area contributed by atoms with Crippen LogP contribution in [0.3, 0.4) is 0 Å². The average Bonchev–Trinajstić information content (AvgIpc) is 2.30. The van der Waals surface area contributed by atoms with Gasteiger partial charge in [-0.05, 0) is 21.2 Å². The standard InChI is InChI=1S/C11H19IN2O4S/c1-11(2,3)9(16)6(5-13)14-8(15)4-7(19-12)10(17)18/h6-7H,4-5,13H2,1-3H3,(H,14,15)(H,17,18). The third kappa shape index (κ3) is 6.57. The number of ketones is 1. The van der Waals surface area contributed by atoms with Gasteiger partial charge in [0.05, 0.1) is 0 Å². The number of amides is 1. The molecule has 0 aliphatic carbocycles. The molecule has 0 saturated heterocycles. The fraction of sp³-hybridized carbons (Fsp3) is 0.727. The summed E-state index contributed by atoms with van der Waals surface area (Å²) in [5, 5.41) is 10.5. The molecule has 0 aromatic heterocycles. The van der Waals surface area contributed by atoms with E-state index in [0.29, 0.717) is 0 Å². The van der Waals surface area contributed by atoms with Crippen molar-refractivity contribution in [1.82, 2.24) is 5.32 Å². The molecule has 0 bridgehead atoms. The first-order valence-corrected chi connectivity index (χ1v) is 9.09. The highest BCUT2D eigenvalue weighted by atomic mass is 127. The number of Topliss-reactive ketones (excluding diaryl/α,β-unsaturated/α-hetero) is 1. The molecule has 1 amide bonds. The van der Waals surface area contributed by atoms with E-state index >= 15 is 0 Å². The molecule has 19 heavy (non-hydrogen) atoms. The van der Waals surface area contributed by atoms with E-state index in [-0.39, 0.29) is 18.7 Å². The summed E-state index contributed by atoms with van der Waals surface area (Å²) < 4.78 is 0. The summed E-state index contributed by atoms with van der Waals surface area (Å²) in [5.41, 5.74) is 4.87. The molecule has 0 radical (unpaired) electrons. The van der Waals surface area contributed by atoms with Crippen molar-refractivity contribution >= 4 is 47.8 Å². The monoisotopic (exact) mass is 402 g/mol. The molecule has 0 heterocycles. The van der Waals surface area contributed by atoms with Gasteiger partial charge in [0.15, 0.2) is 5.78 Å². The number of aliphatic carboxylic acids is 1. The van der Waals surface area contributed by atoms with Crippen LogP contribution in [0.1, 0.15) is 27.2 Å².